The van der Waals surface area contributed by atoms with E-state index in [2.05, 4.69) is 5.32 Å². The fraction of sp³-hybridized carbons (Fsp3) is 0.385. The summed E-state index contributed by atoms with van der Waals surface area (Å²) in [5.74, 6) is 0.590. The molecule has 1 aromatic carbocycles. The number of hydrogen-bond acceptors (Lipinski definition) is 2. The van der Waals surface area contributed by atoms with Gasteiger partial charge in [0.25, 0.3) is 5.91 Å². The van der Waals surface area contributed by atoms with Gasteiger partial charge in [0.05, 0.1) is 0 Å². The van der Waals surface area contributed by atoms with Gasteiger partial charge in [-0.3, -0.25) is 9.59 Å². The Labute approximate surface area is 111 Å². The summed E-state index contributed by atoms with van der Waals surface area (Å²) in [6, 6.07) is 7.07. The smallest absolute Gasteiger partial charge is 0.251 e. The van der Waals surface area contributed by atoms with Crippen molar-refractivity contribution in [3.05, 3.63) is 29.8 Å². The third kappa shape index (κ3) is 2.48. The van der Waals surface area contributed by atoms with Crippen LogP contribution in [0.5, 0.6) is 0 Å². The Bertz CT molecular complexity index is 476. The Morgan fingerprint density at radius 1 is 1.56 bits per heavy atom. The summed E-state index contributed by atoms with van der Waals surface area (Å²) in [4.78, 5) is 25.1. The number of nitrogens with zero attached hydrogens (tertiary/aromatic N) is 1. The fourth-order valence-corrected chi connectivity index (χ4v) is 2.30. The molecule has 1 aliphatic rings. The molecule has 0 aliphatic carbocycles. The molecule has 1 aliphatic heterocycles. The van der Waals surface area contributed by atoms with Crippen molar-refractivity contribution < 1.29 is 9.59 Å². The zero-order valence-electron chi connectivity index (χ0n) is 10.1. The maximum Gasteiger partial charge on any atom is 0.251 e. The largest absolute Gasteiger partial charge is 0.355 e. The molecule has 1 heterocycles. The summed E-state index contributed by atoms with van der Waals surface area (Å²) >= 11 is 5.79. The number of alkyl halides is 1. The van der Waals surface area contributed by atoms with E-state index in [1.165, 1.54) is 0 Å². The minimum atomic E-state index is -0.155. The molecule has 1 saturated heterocycles. The van der Waals surface area contributed by atoms with E-state index in [-0.39, 0.29) is 17.7 Å². The van der Waals surface area contributed by atoms with Gasteiger partial charge in [0.2, 0.25) is 5.91 Å². The molecule has 96 valence electrons. The highest BCUT2D eigenvalue weighted by atomic mass is 35.5. The molecule has 0 saturated carbocycles. The Morgan fingerprint density at radius 3 is 2.94 bits per heavy atom. The lowest BCUT2D eigenvalue weighted by Crippen LogP contribution is -2.25. The standard InChI is InChI=1S/C13H15ClN2O2/c1-15-13(18)10-3-2-4-11(6-10)16-8-9(7-14)5-12(16)17/h2-4,6,9H,5,7-8H2,1H3,(H,15,18). The van der Waals surface area contributed by atoms with Gasteiger partial charge >= 0.3 is 0 Å². The van der Waals surface area contributed by atoms with Crippen LogP contribution in [-0.4, -0.2) is 31.3 Å². The lowest BCUT2D eigenvalue weighted by Gasteiger charge is -2.17. The van der Waals surface area contributed by atoms with E-state index in [4.69, 9.17) is 11.6 Å². The van der Waals surface area contributed by atoms with Gasteiger partial charge in [0.1, 0.15) is 0 Å². The number of rotatable bonds is 3. The summed E-state index contributed by atoms with van der Waals surface area (Å²) in [5.41, 5.74) is 1.31. The summed E-state index contributed by atoms with van der Waals surface area (Å²) < 4.78 is 0. The Morgan fingerprint density at radius 2 is 2.33 bits per heavy atom. The number of amides is 2. The summed E-state index contributed by atoms with van der Waals surface area (Å²) in [6.07, 6.45) is 0.480. The van der Waals surface area contributed by atoms with Crippen LogP contribution in [0.1, 0.15) is 16.8 Å². The average molecular weight is 267 g/mol. The molecule has 0 spiro atoms. The average Bonchev–Trinajstić information content (AvgIpc) is 2.79. The Balaban J connectivity index is 2.24. The van der Waals surface area contributed by atoms with Crippen LogP contribution in [-0.2, 0) is 4.79 Å². The molecule has 1 atom stereocenters. The van der Waals surface area contributed by atoms with Crippen molar-refractivity contribution in [2.24, 2.45) is 5.92 Å². The number of nitrogens with one attached hydrogen (secondary N) is 1. The highest BCUT2D eigenvalue weighted by molar-refractivity contribution is 6.18. The second-order valence-electron chi connectivity index (χ2n) is 4.36. The highest BCUT2D eigenvalue weighted by Crippen LogP contribution is 2.26. The lowest BCUT2D eigenvalue weighted by atomic mass is 10.1. The molecule has 2 amide bonds. The first-order valence-electron chi connectivity index (χ1n) is 5.84. The van der Waals surface area contributed by atoms with Crippen molar-refractivity contribution in [2.45, 2.75) is 6.42 Å². The van der Waals surface area contributed by atoms with E-state index in [9.17, 15) is 9.59 Å². The maximum atomic E-state index is 11.9. The zero-order valence-corrected chi connectivity index (χ0v) is 10.9. The minimum absolute atomic E-state index is 0.0645. The number of carbonyl (C=O) groups excluding carboxylic acids is 2. The predicted molar refractivity (Wildman–Crippen MR) is 71.0 cm³/mol. The van der Waals surface area contributed by atoms with E-state index >= 15 is 0 Å². The summed E-state index contributed by atoms with van der Waals surface area (Å²) in [5, 5.41) is 2.57. The fourth-order valence-electron chi connectivity index (χ4n) is 2.09. The number of anilines is 1. The van der Waals surface area contributed by atoms with E-state index in [1.807, 2.05) is 6.07 Å². The molecule has 1 aromatic rings. The van der Waals surface area contributed by atoms with Crippen molar-refractivity contribution in [3.8, 4) is 0 Å². The minimum Gasteiger partial charge on any atom is -0.355 e. The first kappa shape index (κ1) is 12.9. The van der Waals surface area contributed by atoms with Gasteiger partial charge < -0.3 is 10.2 Å². The van der Waals surface area contributed by atoms with Gasteiger partial charge in [0, 0.05) is 37.1 Å². The third-order valence-electron chi connectivity index (χ3n) is 3.07. The Kier molecular flexibility index (Phi) is 3.87. The molecule has 0 aromatic heterocycles. The van der Waals surface area contributed by atoms with Crippen LogP contribution in [0.25, 0.3) is 0 Å². The van der Waals surface area contributed by atoms with Crippen molar-refractivity contribution in [1.29, 1.82) is 0 Å². The van der Waals surface area contributed by atoms with Gasteiger partial charge in [-0.25, -0.2) is 0 Å². The molecule has 5 heteroatoms. The zero-order chi connectivity index (χ0) is 13.1. The van der Waals surface area contributed by atoms with Gasteiger partial charge in [-0.15, -0.1) is 11.6 Å². The Hall–Kier alpha value is -1.55. The van der Waals surface area contributed by atoms with Crippen LogP contribution in [0.3, 0.4) is 0 Å². The molecule has 2 rings (SSSR count). The summed E-state index contributed by atoms with van der Waals surface area (Å²) in [6.45, 7) is 0.625. The molecule has 18 heavy (non-hydrogen) atoms. The topological polar surface area (TPSA) is 49.4 Å². The normalized spacial score (nSPS) is 19.1. The molecule has 0 radical (unpaired) electrons. The second kappa shape index (κ2) is 5.40. The second-order valence-corrected chi connectivity index (χ2v) is 4.67. The quantitative estimate of drug-likeness (QED) is 0.846. The maximum absolute atomic E-state index is 11.9. The van der Waals surface area contributed by atoms with Gasteiger partial charge in [-0.2, -0.15) is 0 Å². The van der Waals surface area contributed by atoms with E-state index in [0.29, 0.717) is 24.4 Å². The first-order chi connectivity index (χ1) is 8.65. The van der Waals surface area contributed by atoms with E-state index < -0.39 is 0 Å². The van der Waals surface area contributed by atoms with Crippen LogP contribution in [0.4, 0.5) is 5.69 Å². The molecule has 1 unspecified atom stereocenters. The van der Waals surface area contributed by atoms with Crippen LogP contribution >= 0.6 is 11.6 Å². The number of carbonyl (C=O) groups is 2. The number of benzene rings is 1. The molecule has 4 nitrogen and oxygen atoms in total. The van der Waals surface area contributed by atoms with E-state index in [1.54, 1.807) is 30.1 Å². The monoisotopic (exact) mass is 266 g/mol. The molecular formula is C13H15ClN2O2. The van der Waals surface area contributed by atoms with Gasteiger partial charge in [-0.1, -0.05) is 6.07 Å². The lowest BCUT2D eigenvalue weighted by molar-refractivity contribution is -0.117. The van der Waals surface area contributed by atoms with Crippen molar-refractivity contribution in [3.63, 3.8) is 0 Å². The molecule has 0 bridgehead atoms. The van der Waals surface area contributed by atoms with Gasteiger partial charge in [0.15, 0.2) is 0 Å². The molecule has 1 N–H and O–H groups in total. The third-order valence-corrected chi connectivity index (χ3v) is 3.51. The van der Waals surface area contributed by atoms with Crippen LogP contribution < -0.4 is 10.2 Å². The van der Waals surface area contributed by atoms with Crippen molar-refractivity contribution in [2.75, 3.05) is 24.4 Å². The van der Waals surface area contributed by atoms with E-state index in [0.717, 1.165) is 5.69 Å². The predicted octanol–water partition coefficient (Wildman–Crippen LogP) is 1.64. The van der Waals surface area contributed by atoms with Crippen LogP contribution in [0, 0.1) is 5.92 Å². The van der Waals surface area contributed by atoms with Gasteiger partial charge in [-0.05, 0) is 24.1 Å². The molecular weight excluding hydrogens is 252 g/mol. The highest BCUT2D eigenvalue weighted by Gasteiger charge is 2.30. The first-order valence-corrected chi connectivity index (χ1v) is 6.37. The molecule has 1 fully saturated rings. The summed E-state index contributed by atoms with van der Waals surface area (Å²) in [7, 11) is 1.58. The van der Waals surface area contributed by atoms with Crippen LogP contribution in [0.2, 0.25) is 0 Å². The SMILES string of the molecule is CNC(=O)c1cccc(N2CC(CCl)CC2=O)c1. The van der Waals surface area contributed by atoms with Crippen molar-refractivity contribution in [1.82, 2.24) is 5.32 Å². The van der Waals surface area contributed by atoms with Crippen LogP contribution in [0.15, 0.2) is 24.3 Å². The number of hydrogen-bond donors (Lipinski definition) is 1. The van der Waals surface area contributed by atoms with Crippen molar-refractivity contribution >= 4 is 29.1 Å². The number of halogens is 1.